The van der Waals surface area contributed by atoms with Gasteiger partial charge in [0.15, 0.2) is 5.69 Å². The first-order valence-corrected chi connectivity index (χ1v) is 8.27. The van der Waals surface area contributed by atoms with Gasteiger partial charge in [-0.05, 0) is 31.4 Å². The molecule has 2 N–H and O–H groups in total. The van der Waals surface area contributed by atoms with E-state index in [1.54, 1.807) is 10.6 Å². The first kappa shape index (κ1) is 15.5. The van der Waals surface area contributed by atoms with E-state index >= 15 is 0 Å². The summed E-state index contributed by atoms with van der Waals surface area (Å²) >= 11 is 0. The predicted molar refractivity (Wildman–Crippen MR) is 87.5 cm³/mol. The molecule has 23 heavy (non-hydrogen) atoms. The number of imidazole rings is 1. The summed E-state index contributed by atoms with van der Waals surface area (Å²) in [7, 11) is 0. The molecule has 1 fully saturated rings. The van der Waals surface area contributed by atoms with Gasteiger partial charge < -0.3 is 10.6 Å². The summed E-state index contributed by atoms with van der Waals surface area (Å²) in [4.78, 5) is 29.1. The molecular formula is C17H22N4O2. The smallest absolute Gasteiger partial charge is 0.287 e. The number of carbonyl (C=O) groups is 2. The fourth-order valence-electron chi connectivity index (χ4n) is 3.01. The summed E-state index contributed by atoms with van der Waals surface area (Å²) in [5, 5.41) is 5.85. The SMILES string of the molecule is CCCNC(=O)c1nc(C(=O)NC2CCCC2)c2ccccn12. The molecule has 1 saturated carbocycles. The van der Waals surface area contributed by atoms with Crippen molar-refractivity contribution >= 4 is 17.3 Å². The number of rotatable bonds is 5. The van der Waals surface area contributed by atoms with Crippen LogP contribution in [0.5, 0.6) is 0 Å². The minimum absolute atomic E-state index is 0.199. The van der Waals surface area contributed by atoms with Gasteiger partial charge >= 0.3 is 0 Å². The summed E-state index contributed by atoms with van der Waals surface area (Å²) in [6.07, 6.45) is 6.95. The van der Waals surface area contributed by atoms with Crippen LogP contribution in [0.4, 0.5) is 0 Å². The Morgan fingerprint density at radius 1 is 1.26 bits per heavy atom. The van der Waals surface area contributed by atoms with E-state index in [1.807, 2.05) is 25.1 Å². The molecule has 0 bridgehead atoms. The summed E-state index contributed by atoms with van der Waals surface area (Å²) in [6.45, 7) is 2.58. The lowest BCUT2D eigenvalue weighted by molar-refractivity contribution is 0.0935. The lowest BCUT2D eigenvalue weighted by atomic mass is 10.2. The summed E-state index contributed by atoms with van der Waals surface area (Å²) in [6, 6.07) is 5.70. The van der Waals surface area contributed by atoms with Crippen molar-refractivity contribution < 1.29 is 9.59 Å². The zero-order valence-electron chi connectivity index (χ0n) is 13.3. The average molecular weight is 314 g/mol. The quantitative estimate of drug-likeness (QED) is 0.888. The Balaban J connectivity index is 1.90. The van der Waals surface area contributed by atoms with Gasteiger partial charge in [-0.3, -0.25) is 14.0 Å². The molecule has 2 amide bonds. The fraction of sp³-hybridized carbons (Fsp3) is 0.471. The average Bonchev–Trinajstić information content (AvgIpc) is 3.20. The second-order valence-electron chi connectivity index (χ2n) is 5.95. The van der Waals surface area contributed by atoms with Gasteiger partial charge in [-0.15, -0.1) is 0 Å². The summed E-state index contributed by atoms with van der Waals surface area (Å²) in [5.41, 5.74) is 0.976. The van der Waals surface area contributed by atoms with E-state index in [1.165, 1.54) is 0 Å². The Kier molecular flexibility index (Phi) is 4.60. The number of hydrogen-bond donors (Lipinski definition) is 2. The van der Waals surface area contributed by atoms with Gasteiger partial charge in [0, 0.05) is 18.8 Å². The van der Waals surface area contributed by atoms with E-state index in [2.05, 4.69) is 15.6 Å². The molecule has 3 rings (SSSR count). The molecular weight excluding hydrogens is 292 g/mol. The molecule has 6 nitrogen and oxygen atoms in total. The maximum Gasteiger partial charge on any atom is 0.287 e. The van der Waals surface area contributed by atoms with Gasteiger partial charge in [-0.1, -0.05) is 25.8 Å². The molecule has 1 aliphatic carbocycles. The zero-order chi connectivity index (χ0) is 16.2. The zero-order valence-corrected chi connectivity index (χ0v) is 13.3. The van der Waals surface area contributed by atoms with Crippen LogP contribution in [0.1, 0.15) is 60.1 Å². The van der Waals surface area contributed by atoms with E-state index in [0.29, 0.717) is 17.8 Å². The van der Waals surface area contributed by atoms with E-state index in [9.17, 15) is 9.59 Å². The normalized spacial score (nSPS) is 15.0. The lowest BCUT2D eigenvalue weighted by Gasteiger charge is -2.10. The maximum absolute atomic E-state index is 12.5. The number of amides is 2. The van der Waals surface area contributed by atoms with Crippen LogP contribution in [-0.4, -0.2) is 33.8 Å². The molecule has 0 radical (unpaired) electrons. The van der Waals surface area contributed by atoms with Crippen LogP contribution in [0.2, 0.25) is 0 Å². The van der Waals surface area contributed by atoms with Crippen LogP contribution >= 0.6 is 0 Å². The molecule has 2 heterocycles. The van der Waals surface area contributed by atoms with Gasteiger partial charge in [0.25, 0.3) is 11.8 Å². The molecule has 0 saturated heterocycles. The third kappa shape index (κ3) is 3.21. The van der Waals surface area contributed by atoms with Crippen molar-refractivity contribution in [3.05, 3.63) is 35.9 Å². The predicted octanol–water partition coefficient (Wildman–Crippen LogP) is 2.15. The molecule has 0 unspecified atom stereocenters. The Morgan fingerprint density at radius 2 is 2.04 bits per heavy atom. The molecule has 6 heteroatoms. The van der Waals surface area contributed by atoms with Crippen molar-refractivity contribution in [2.45, 2.75) is 45.1 Å². The molecule has 0 aromatic carbocycles. The van der Waals surface area contributed by atoms with Crippen LogP contribution in [0.25, 0.3) is 5.52 Å². The third-order valence-electron chi connectivity index (χ3n) is 4.19. The Hall–Kier alpha value is -2.37. The highest BCUT2D eigenvalue weighted by atomic mass is 16.2. The second kappa shape index (κ2) is 6.81. The lowest BCUT2D eigenvalue weighted by Crippen LogP contribution is -2.33. The summed E-state index contributed by atoms with van der Waals surface area (Å²) in [5.74, 6) is -0.200. The Labute approximate surface area is 135 Å². The van der Waals surface area contributed by atoms with E-state index in [4.69, 9.17) is 0 Å². The molecule has 0 aliphatic heterocycles. The molecule has 0 spiro atoms. The van der Waals surface area contributed by atoms with E-state index < -0.39 is 0 Å². The van der Waals surface area contributed by atoms with Crippen molar-refractivity contribution in [3.63, 3.8) is 0 Å². The van der Waals surface area contributed by atoms with Crippen molar-refractivity contribution in [2.75, 3.05) is 6.54 Å². The molecule has 122 valence electrons. The number of pyridine rings is 1. The van der Waals surface area contributed by atoms with Crippen LogP contribution in [0.15, 0.2) is 24.4 Å². The van der Waals surface area contributed by atoms with Crippen LogP contribution in [0.3, 0.4) is 0 Å². The van der Waals surface area contributed by atoms with Gasteiger partial charge in [0.2, 0.25) is 5.82 Å². The highest BCUT2D eigenvalue weighted by molar-refractivity contribution is 6.02. The number of carbonyl (C=O) groups excluding carboxylic acids is 2. The highest BCUT2D eigenvalue weighted by Gasteiger charge is 2.24. The maximum atomic E-state index is 12.5. The second-order valence-corrected chi connectivity index (χ2v) is 5.95. The number of nitrogens with one attached hydrogen (secondary N) is 2. The third-order valence-corrected chi connectivity index (χ3v) is 4.19. The number of aromatic nitrogens is 2. The van der Waals surface area contributed by atoms with Crippen molar-refractivity contribution in [1.29, 1.82) is 0 Å². The van der Waals surface area contributed by atoms with Crippen LogP contribution in [-0.2, 0) is 0 Å². The number of fused-ring (bicyclic) bond motifs is 1. The van der Waals surface area contributed by atoms with Crippen molar-refractivity contribution in [3.8, 4) is 0 Å². The minimum Gasteiger partial charge on any atom is -0.349 e. The van der Waals surface area contributed by atoms with Crippen molar-refractivity contribution in [2.24, 2.45) is 0 Å². The van der Waals surface area contributed by atoms with Crippen LogP contribution in [0, 0.1) is 0 Å². The number of nitrogens with zero attached hydrogens (tertiary/aromatic N) is 2. The van der Waals surface area contributed by atoms with E-state index in [-0.39, 0.29) is 23.7 Å². The fourth-order valence-corrected chi connectivity index (χ4v) is 3.01. The standard InChI is InChI=1S/C17H22N4O2/c1-2-10-18-17(23)15-20-14(13-9-5-6-11-21(13)15)16(22)19-12-7-3-4-8-12/h5-6,9,11-12H,2-4,7-8,10H2,1H3,(H,18,23)(H,19,22). The molecule has 2 aromatic rings. The van der Waals surface area contributed by atoms with Gasteiger partial charge in [-0.25, -0.2) is 4.98 Å². The monoisotopic (exact) mass is 314 g/mol. The van der Waals surface area contributed by atoms with Crippen LogP contribution < -0.4 is 10.6 Å². The van der Waals surface area contributed by atoms with Crippen molar-refractivity contribution in [1.82, 2.24) is 20.0 Å². The minimum atomic E-state index is -0.257. The van der Waals surface area contributed by atoms with Gasteiger partial charge in [0.1, 0.15) is 0 Å². The summed E-state index contributed by atoms with van der Waals surface area (Å²) < 4.78 is 1.68. The van der Waals surface area contributed by atoms with Gasteiger partial charge in [0.05, 0.1) is 5.52 Å². The molecule has 0 atom stereocenters. The first-order valence-electron chi connectivity index (χ1n) is 8.27. The Morgan fingerprint density at radius 3 is 2.78 bits per heavy atom. The highest BCUT2D eigenvalue weighted by Crippen LogP contribution is 2.19. The Bertz CT molecular complexity index is 716. The van der Waals surface area contributed by atoms with E-state index in [0.717, 1.165) is 32.1 Å². The van der Waals surface area contributed by atoms with Gasteiger partial charge in [-0.2, -0.15) is 0 Å². The first-order chi connectivity index (χ1) is 11.2. The number of hydrogen-bond acceptors (Lipinski definition) is 3. The molecule has 1 aliphatic rings. The topological polar surface area (TPSA) is 75.5 Å². The largest absolute Gasteiger partial charge is 0.349 e. The molecule has 2 aromatic heterocycles.